The van der Waals surface area contributed by atoms with Crippen molar-refractivity contribution in [2.24, 2.45) is 0 Å². The monoisotopic (exact) mass is 234 g/mol. The Balaban J connectivity index is 0. The van der Waals surface area contributed by atoms with Crippen molar-refractivity contribution in [1.29, 1.82) is 0 Å². The molecule has 0 spiro atoms. The minimum absolute atomic E-state index is 0.192. The van der Waals surface area contributed by atoms with Gasteiger partial charge in [0.25, 0.3) is 0 Å². The first kappa shape index (κ1) is 16.8. The zero-order chi connectivity index (χ0) is 13.0. The summed E-state index contributed by atoms with van der Waals surface area (Å²) in [6.45, 7) is 7.28. The zero-order valence-corrected chi connectivity index (χ0v) is 10.1. The molecule has 0 aromatic heterocycles. The van der Waals surface area contributed by atoms with Crippen molar-refractivity contribution in [2.75, 3.05) is 19.8 Å². The highest BCUT2D eigenvalue weighted by Gasteiger charge is 2.14. The van der Waals surface area contributed by atoms with Gasteiger partial charge in [0.15, 0.2) is 0 Å². The molecule has 16 heavy (non-hydrogen) atoms. The number of esters is 3. The standard InChI is InChI=1S/C6H10O4.C4H8O2/c1-3-9-5(7)6(8)10-4-2;1-3-6-4(2)5/h3-4H2,1-2H3;3H2,1-2H3. The molecule has 0 saturated carbocycles. The van der Waals surface area contributed by atoms with Gasteiger partial charge >= 0.3 is 17.9 Å². The smallest absolute Gasteiger partial charge is 0.417 e. The van der Waals surface area contributed by atoms with Crippen molar-refractivity contribution in [2.45, 2.75) is 27.7 Å². The molecular formula is C10H18O6. The molecule has 0 radical (unpaired) electrons. The van der Waals surface area contributed by atoms with Gasteiger partial charge in [0, 0.05) is 6.92 Å². The van der Waals surface area contributed by atoms with Gasteiger partial charge in [0.2, 0.25) is 0 Å². The second kappa shape index (κ2) is 11.5. The van der Waals surface area contributed by atoms with E-state index in [1.807, 2.05) is 0 Å². The predicted molar refractivity (Wildman–Crippen MR) is 55.6 cm³/mol. The third-order valence-electron chi connectivity index (χ3n) is 1.07. The van der Waals surface area contributed by atoms with Crippen molar-refractivity contribution < 1.29 is 28.6 Å². The number of carbonyl (C=O) groups excluding carboxylic acids is 3. The molecule has 0 N–H and O–H groups in total. The number of hydrogen-bond donors (Lipinski definition) is 0. The summed E-state index contributed by atoms with van der Waals surface area (Å²) >= 11 is 0. The van der Waals surface area contributed by atoms with Gasteiger partial charge in [-0.05, 0) is 20.8 Å². The number of hydrogen-bond acceptors (Lipinski definition) is 6. The van der Waals surface area contributed by atoms with Crippen molar-refractivity contribution in [3.8, 4) is 0 Å². The van der Waals surface area contributed by atoms with Crippen LogP contribution in [0.15, 0.2) is 0 Å². The van der Waals surface area contributed by atoms with Gasteiger partial charge in [-0.25, -0.2) is 9.59 Å². The van der Waals surface area contributed by atoms with Crippen LogP contribution in [0.3, 0.4) is 0 Å². The molecule has 0 aromatic carbocycles. The Morgan fingerprint density at radius 2 is 1.06 bits per heavy atom. The molecule has 0 atom stereocenters. The van der Waals surface area contributed by atoms with Crippen LogP contribution < -0.4 is 0 Å². The van der Waals surface area contributed by atoms with E-state index >= 15 is 0 Å². The number of carbonyl (C=O) groups is 3. The molecule has 0 aliphatic rings. The molecule has 6 nitrogen and oxygen atoms in total. The van der Waals surface area contributed by atoms with Crippen molar-refractivity contribution in [1.82, 2.24) is 0 Å². The summed E-state index contributed by atoms with van der Waals surface area (Å²) in [5.74, 6) is -2.06. The Hall–Kier alpha value is -1.59. The first-order chi connectivity index (χ1) is 7.49. The van der Waals surface area contributed by atoms with Crippen LogP contribution in [0.2, 0.25) is 0 Å². The molecular weight excluding hydrogens is 216 g/mol. The Labute approximate surface area is 94.9 Å². The molecule has 0 amide bonds. The maximum absolute atomic E-state index is 10.4. The highest BCUT2D eigenvalue weighted by atomic mass is 16.6. The van der Waals surface area contributed by atoms with E-state index in [1.165, 1.54) is 6.92 Å². The molecule has 0 fully saturated rings. The van der Waals surface area contributed by atoms with E-state index in [9.17, 15) is 14.4 Å². The van der Waals surface area contributed by atoms with E-state index in [1.54, 1.807) is 20.8 Å². The molecule has 0 aliphatic carbocycles. The Kier molecular flexibility index (Phi) is 12.1. The van der Waals surface area contributed by atoms with Crippen LogP contribution in [0.4, 0.5) is 0 Å². The lowest BCUT2D eigenvalue weighted by Gasteiger charge is -1.99. The quantitative estimate of drug-likeness (QED) is 0.406. The van der Waals surface area contributed by atoms with Gasteiger partial charge in [0.05, 0.1) is 19.8 Å². The second-order valence-corrected chi connectivity index (χ2v) is 2.37. The van der Waals surface area contributed by atoms with Gasteiger partial charge in [-0.3, -0.25) is 4.79 Å². The van der Waals surface area contributed by atoms with Gasteiger partial charge in [-0.15, -0.1) is 0 Å². The Morgan fingerprint density at radius 3 is 1.19 bits per heavy atom. The Bertz CT molecular complexity index is 207. The predicted octanol–water partition coefficient (Wildman–Crippen LogP) is 0.682. The maximum atomic E-state index is 10.4. The average Bonchev–Trinajstić information content (AvgIpc) is 2.19. The van der Waals surface area contributed by atoms with Crippen molar-refractivity contribution in [3.05, 3.63) is 0 Å². The molecule has 94 valence electrons. The van der Waals surface area contributed by atoms with Crippen LogP contribution in [0.5, 0.6) is 0 Å². The van der Waals surface area contributed by atoms with Crippen LogP contribution in [-0.4, -0.2) is 37.7 Å². The molecule has 0 aromatic rings. The highest BCUT2D eigenvalue weighted by molar-refractivity contribution is 6.29. The largest absolute Gasteiger partial charge is 0.466 e. The van der Waals surface area contributed by atoms with E-state index in [4.69, 9.17) is 0 Å². The van der Waals surface area contributed by atoms with E-state index in [2.05, 4.69) is 14.2 Å². The van der Waals surface area contributed by atoms with Gasteiger partial charge in [-0.2, -0.15) is 0 Å². The van der Waals surface area contributed by atoms with Crippen LogP contribution in [0, 0.1) is 0 Å². The fraction of sp³-hybridized carbons (Fsp3) is 0.700. The molecule has 0 rings (SSSR count). The molecule has 6 heteroatoms. The summed E-state index contributed by atoms with van der Waals surface area (Å²) in [7, 11) is 0. The molecule has 0 aliphatic heterocycles. The molecule has 0 bridgehead atoms. The lowest BCUT2D eigenvalue weighted by atomic mass is 10.7. The van der Waals surface area contributed by atoms with E-state index in [-0.39, 0.29) is 19.2 Å². The lowest BCUT2D eigenvalue weighted by Crippen LogP contribution is -2.19. The van der Waals surface area contributed by atoms with Gasteiger partial charge in [-0.1, -0.05) is 0 Å². The van der Waals surface area contributed by atoms with Crippen LogP contribution in [0.25, 0.3) is 0 Å². The van der Waals surface area contributed by atoms with Crippen molar-refractivity contribution >= 4 is 17.9 Å². The number of rotatable bonds is 3. The zero-order valence-electron chi connectivity index (χ0n) is 10.1. The second-order valence-electron chi connectivity index (χ2n) is 2.37. The van der Waals surface area contributed by atoms with Gasteiger partial charge in [0.1, 0.15) is 0 Å². The minimum atomic E-state index is -0.927. The summed E-state index contributed by atoms with van der Waals surface area (Å²) in [5.41, 5.74) is 0. The van der Waals surface area contributed by atoms with E-state index < -0.39 is 11.9 Å². The third-order valence-corrected chi connectivity index (χ3v) is 1.07. The van der Waals surface area contributed by atoms with Crippen molar-refractivity contribution in [3.63, 3.8) is 0 Å². The topological polar surface area (TPSA) is 78.9 Å². The minimum Gasteiger partial charge on any atom is -0.466 e. The molecule has 0 unspecified atom stereocenters. The number of ether oxygens (including phenoxy) is 3. The fourth-order valence-corrected chi connectivity index (χ4v) is 0.583. The maximum Gasteiger partial charge on any atom is 0.417 e. The molecule has 0 saturated heterocycles. The van der Waals surface area contributed by atoms with Gasteiger partial charge < -0.3 is 14.2 Å². The lowest BCUT2D eigenvalue weighted by molar-refractivity contribution is -0.167. The summed E-state index contributed by atoms with van der Waals surface area (Å²) in [5, 5.41) is 0. The Morgan fingerprint density at radius 1 is 0.750 bits per heavy atom. The first-order valence-electron chi connectivity index (χ1n) is 4.96. The average molecular weight is 234 g/mol. The molecule has 0 heterocycles. The van der Waals surface area contributed by atoms with Crippen LogP contribution >= 0.6 is 0 Å². The summed E-state index contributed by atoms with van der Waals surface area (Å²) in [4.78, 5) is 30.7. The SMILES string of the molecule is CCOC(=O)C(=O)OCC.CCOC(C)=O. The highest BCUT2D eigenvalue weighted by Crippen LogP contribution is 1.82. The van der Waals surface area contributed by atoms with Crippen LogP contribution in [0.1, 0.15) is 27.7 Å². The van der Waals surface area contributed by atoms with E-state index in [0.717, 1.165) is 0 Å². The first-order valence-corrected chi connectivity index (χ1v) is 4.96. The summed E-state index contributed by atoms with van der Waals surface area (Å²) in [6, 6.07) is 0. The normalized spacial score (nSPS) is 8.25. The fourth-order valence-electron chi connectivity index (χ4n) is 0.583. The summed E-state index contributed by atoms with van der Waals surface area (Å²) in [6.07, 6.45) is 0. The summed E-state index contributed by atoms with van der Waals surface area (Å²) < 4.78 is 13.1. The van der Waals surface area contributed by atoms with E-state index in [0.29, 0.717) is 6.61 Å². The third kappa shape index (κ3) is 12.4. The van der Waals surface area contributed by atoms with Crippen LogP contribution in [-0.2, 0) is 28.6 Å².